The third-order valence-electron chi connectivity index (χ3n) is 5.93. The summed E-state index contributed by atoms with van der Waals surface area (Å²) in [4.78, 5) is 15.3. The summed E-state index contributed by atoms with van der Waals surface area (Å²) in [5.41, 5.74) is 4.14. The molecule has 1 aliphatic heterocycles. The van der Waals surface area contributed by atoms with E-state index in [1.165, 1.54) is 30.7 Å². The van der Waals surface area contributed by atoms with Gasteiger partial charge in [-0.15, -0.1) is 0 Å². The van der Waals surface area contributed by atoms with E-state index in [-0.39, 0.29) is 17.3 Å². The Kier molecular flexibility index (Phi) is 7.11. The number of carbonyl (C=O) groups is 1. The molecule has 1 saturated heterocycles. The molecule has 0 aromatic heterocycles. The molecule has 4 rings (SSSR count). The third kappa shape index (κ3) is 5.80. The Morgan fingerprint density at radius 2 is 1.55 bits per heavy atom. The lowest BCUT2D eigenvalue weighted by Gasteiger charge is -2.17. The van der Waals surface area contributed by atoms with Crippen LogP contribution in [0.25, 0.3) is 0 Å². The number of hydrogen-bond donors (Lipinski definition) is 2. The summed E-state index contributed by atoms with van der Waals surface area (Å²) in [5, 5.41) is 2.91. The highest BCUT2D eigenvalue weighted by atomic mass is 32.2. The maximum atomic E-state index is 12.8. The summed E-state index contributed by atoms with van der Waals surface area (Å²) in [6.45, 7) is 4.55. The molecule has 0 unspecified atom stereocenters. The number of amides is 1. The highest BCUT2D eigenvalue weighted by Gasteiger charge is 2.18. The fourth-order valence-electron chi connectivity index (χ4n) is 3.95. The van der Waals surface area contributed by atoms with Crippen LogP contribution in [0.1, 0.15) is 39.9 Å². The van der Waals surface area contributed by atoms with Gasteiger partial charge in [0.1, 0.15) is 0 Å². The van der Waals surface area contributed by atoms with Crippen LogP contribution in [0.3, 0.4) is 0 Å². The van der Waals surface area contributed by atoms with Gasteiger partial charge in [-0.3, -0.25) is 4.79 Å². The molecule has 0 aliphatic carbocycles. The van der Waals surface area contributed by atoms with Gasteiger partial charge in [0.15, 0.2) is 0 Å². The molecule has 0 radical (unpaired) electrons. The Balaban J connectivity index is 1.40. The van der Waals surface area contributed by atoms with Crippen molar-refractivity contribution in [2.45, 2.75) is 37.8 Å². The zero-order chi connectivity index (χ0) is 23.3. The molecule has 7 heteroatoms. The van der Waals surface area contributed by atoms with E-state index in [0.717, 1.165) is 29.8 Å². The van der Waals surface area contributed by atoms with Gasteiger partial charge in [0.2, 0.25) is 10.0 Å². The minimum absolute atomic E-state index is 0.0733. The zero-order valence-electron chi connectivity index (χ0n) is 18.8. The van der Waals surface area contributed by atoms with Crippen LogP contribution < -0.4 is 14.9 Å². The number of anilines is 1. The van der Waals surface area contributed by atoms with E-state index in [1.54, 1.807) is 13.0 Å². The Labute approximate surface area is 195 Å². The molecule has 2 N–H and O–H groups in total. The van der Waals surface area contributed by atoms with Crippen molar-refractivity contribution < 1.29 is 13.2 Å². The van der Waals surface area contributed by atoms with Crippen LogP contribution in [0.2, 0.25) is 0 Å². The first-order chi connectivity index (χ1) is 15.9. The second-order valence-corrected chi connectivity index (χ2v) is 10.1. The largest absolute Gasteiger partial charge is 0.372 e. The minimum Gasteiger partial charge on any atom is -0.372 e. The number of aryl methyl sites for hydroxylation is 1. The number of nitrogens with zero attached hydrogens (tertiary/aromatic N) is 1. The van der Waals surface area contributed by atoms with Crippen molar-refractivity contribution in [3.63, 3.8) is 0 Å². The van der Waals surface area contributed by atoms with Crippen molar-refractivity contribution in [3.05, 3.63) is 95.1 Å². The first kappa shape index (κ1) is 23.0. The first-order valence-corrected chi connectivity index (χ1v) is 12.7. The van der Waals surface area contributed by atoms with Gasteiger partial charge in [0.05, 0.1) is 4.90 Å². The van der Waals surface area contributed by atoms with Crippen LogP contribution in [0.4, 0.5) is 5.69 Å². The molecule has 3 aromatic rings. The van der Waals surface area contributed by atoms with Gasteiger partial charge in [0, 0.05) is 37.4 Å². The third-order valence-corrected chi connectivity index (χ3v) is 7.33. The maximum Gasteiger partial charge on any atom is 0.251 e. The monoisotopic (exact) mass is 463 g/mol. The Morgan fingerprint density at radius 1 is 0.879 bits per heavy atom. The van der Waals surface area contributed by atoms with Gasteiger partial charge in [-0.25, -0.2) is 13.1 Å². The van der Waals surface area contributed by atoms with E-state index in [4.69, 9.17) is 0 Å². The second-order valence-electron chi connectivity index (χ2n) is 8.33. The second kappa shape index (κ2) is 10.2. The molecule has 1 fully saturated rings. The van der Waals surface area contributed by atoms with E-state index in [9.17, 15) is 13.2 Å². The molecule has 3 aromatic carbocycles. The number of sulfonamides is 1. The van der Waals surface area contributed by atoms with Crippen molar-refractivity contribution >= 4 is 21.6 Å². The lowest BCUT2D eigenvalue weighted by Crippen LogP contribution is -2.26. The number of rotatable bonds is 8. The van der Waals surface area contributed by atoms with Crippen LogP contribution in [-0.4, -0.2) is 27.4 Å². The molecule has 1 aliphatic rings. The molecule has 1 amide bonds. The molecule has 6 nitrogen and oxygen atoms in total. The Hall–Kier alpha value is -3.16. The van der Waals surface area contributed by atoms with Crippen LogP contribution in [0.5, 0.6) is 0 Å². The molecule has 0 spiro atoms. The van der Waals surface area contributed by atoms with Gasteiger partial charge in [-0.2, -0.15) is 0 Å². The summed E-state index contributed by atoms with van der Waals surface area (Å²) in [6, 6.07) is 22.2. The van der Waals surface area contributed by atoms with Crippen LogP contribution >= 0.6 is 0 Å². The van der Waals surface area contributed by atoms with E-state index in [1.807, 2.05) is 42.5 Å². The number of carbonyl (C=O) groups excluding carboxylic acids is 1. The number of nitrogens with one attached hydrogen (secondary N) is 2. The molecule has 0 atom stereocenters. The standard InChI is InChI=1S/C26H29N3O3S/c1-20-9-14-24(33(31,32)28-19-21-7-3-2-4-8-21)17-25(20)26(30)27-18-22-10-12-23(13-11-22)29-15-5-6-16-29/h2-4,7-14,17,28H,5-6,15-16,18-19H2,1H3,(H,27,30). The SMILES string of the molecule is Cc1ccc(S(=O)(=O)NCc2ccccc2)cc1C(=O)NCc1ccc(N2CCCC2)cc1. The quantitative estimate of drug-likeness (QED) is 0.529. The fraction of sp³-hybridized carbons (Fsp3) is 0.269. The molecule has 0 saturated carbocycles. The van der Waals surface area contributed by atoms with E-state index in [0.29, 0.717) is 12.1 Å². The molecule has 172 valence electrons. The smallest absolute Gasteiger partial charge is 0.251 e. The van der Waals surface area contributed by atoms with Crippen molar-refractivity contribution in [1.29, 1.82) is 0 Å². The van der Waals surface area contributed by atoms with Gasteiger partial charge < -0.3 is 10.2 Å². The lowest BCUT2D eigenvalue weighted by molar-refractivity contribution is 0.0950. The number of benzene rings is 3. The van der Waals surface area contributed by atoms with Gasteiger partial charge in [0.25, 0.3) is 5.91 Å². The average molecular weight is 464 g/mol. The Bertz CT molecular complexity index is 1200. The van der Waals surface area contributed by atoms with E-state index < -0.39 is 10.0 Å². The normalized spacial score (nSPS) is 13.8. The summed E-state index contributed by atoms with van der Waals surface area (Å²) in [6.07, 6.45) is 2.46. The van der Waals surface area contributed by atoms with Crippen molar-refractivity contribution in [3.8, 4) is 0 Å². The van der Waals surface area contributed by atoms with Crippen molar-refractivity contribution in [2.24, 2.45) is 0 Å². The average Bonchev–Trinajstić information content (AvgIpc) is 3.37. The van der Waals surface area contributed by atoms with Crippen molar-refractivity contribution in [1.82, 2.24) is 10.0 Å². The van der Waals surface area contributed by atoms with E-state index in [2.05, 4.69) is 27.1 Å². The molecular formula is C26H29N3O3S. The van der Waals surface area contributed by atoms with Gasteiger partial charge in [-0.1, -0.05) is 48.5 Å². The fourth-order valence-corrected chi connectivity index (χ4v) is 4.99. The highest BCUT2D eigenvalue weighted by molar-refractivity contribution is 7.89. The van der Waals surface area contributed by atoms with Crippen LogP contribution in [-0.2, 0) is 23.1 Å². The maximum absolute atomic E-state index is 12.8. The summed E-state index contributed by atoms with van der Waals surface area (Å²) in [5.74, 6) is -0.295. The van der Waals surface area contributed by atoms with Crippen LogP contribution in [0, 0.1) is 6.92 Å². The lowest BCUT2D eigenvalue weighted by atomic mass is 10.1. The van der Waals surface area contributed by atoms with Gasteiger partial charge >= 0.3 is 0 Å². The van der Waals surface area contributed by atoms with Crippen LogP contribution in [0.15, 0.2) is 77.7 Å². The topological polar surface area (TPSA) is 78.5 Å². The molecular weight excluding hydrogens is 434 g/mol. The molecule has 0 bridgehead atoms. The predicted octanol–water partition coefficient (Wildman–Crippen LogP) is 4.00. The highest BCUT2D eigenvalue weighted by Crippen LogP contribution is 2.21. The molecule has 1 heterocycles. The molecule has 33 heavy (non-hydrogen) atoms. The first-order valence-electron chi connectivity index (χ1n) is 11.2. The summed E-state index contributed by atoms with van der Waals surface area (Å²) in [7, 11) is -3.75. The minimum atomic E-state index is -3.75. The zero-order valence-corrected chi connectivity index (χ0v) is 19.6. The van der Waals surface area contributed by atoms with E-state index >= 15 is 0 Å². The van der Waals surface area contributed by atoms with Crippen molar-refractivity contribution in [2.75, 3.05) is 18.0 Å². The summed E-state index contributed by atoms with van der Waals surface area (Å²) < 4.78 is 28.1. The summed E-state index contributed by atoms with van der Waals surface area (Å²) >= 11 is 0. The predicted molar refractivity (Wildman–Crippen MR) is 131 cm³/mol. The van der Waals surface area contributed by atoms with Gasteiger partial charge in [-0.05, 0) is 60.7 Å². The Morgan fingerprint density at radius 3 is 2.24 bits per heavy atom. The number of hydrogen-bond acceptors (Lipinski definition) is 4.